The van der Waals surface area contributed by atoms with Crippen LogP contribution in [0.5, 0.6) is 0 Å². The van der Waals surface area contributed by atoms with Gasteiger partial charge in [-0.1, -0.05) is 34.1 Å². The Kier molecular flexibility index (Phi) is 4.79. The summed E-state index contributed by atoms with van der Waals surface area (Å²) in [4.78, 5) is 14.1. The third-order valence-corrected chi connectivity index (χ3v) is 3.46. The Labute approximate surface area is 127 Å². The van der Waals surface area contributed by atoms with E-state index in [1.54, 1.807) is 0 Å². The van der Waals surface area contributed by atoms with Crippen molar-refractivity contribution in [3.63, 3.8) is 0 Å². The van der Waals surface area contributed by atoms with E-state index in [0.29, 0.717) is 12.1 Å². The van der Waals surface area contributed by atoms with Gasteiger partial charge in [0, 0.05) is 36.4 Å². The minimum Gasteiger partial charge on any atom is -0.378 e. The smallest absolute Gasteiger partial charge is 0.251 e. The molecule has 2 rings (SSSR count). The minimum atomic E-state index is -0.0614. The van der Waals surface area contributed by atoms with Crippen LogP contribution in [-0.4, -0.2) is 20.0 Å². The molecule has 4 heteroatoms. The fourth-order valence-corrected chi connectivity index (χ4v) is 2.30. The quantitative estimate of drug-likeness (QED) is 0.930. The molecule has 0 atom stereocenters. The summed E-state index contributed by atoms with van der Waals surface area (Å²) in [5.74, 6) is -0.0614. The summed E-state index contributed by atoms with van der Waals surface area (Å²) in [5, 5.41) is 2.93. The Bertz CT molecular complexity index is 611. The van der Waals surface area contributed by atoms with Crippen molar-refractivity contribution in [1.29, 1.82) is 0 Å². The molecular formula is C16H17BrN2O. The molecule has 1 N–H and O–H groups in total. The van der Waals surface area contributed by atoms with Crippen LogP contribution in [0.3, 0.4) is 0 Å². The number of carbonyl (C=O) groups is 1. The third kappa shape index (κ3) is 3.84. The molecule has 1 amide bonds. The number of nitrogens with one attached hydrogen (secondary N) is 1. The molecule has 0 fully saturated rings. The van der Waals surface area contributed by atoms with Crippen molar-refractivity contribution in [2.24, 2.45) is 0 Å². The fraction of sp³-hybridized carbons (Fsp3) is 0.188. The van der Waals surface area contributed by atoms with Gasteiger partial charge in [-0.2, -0.15) is 0 Å². The lowest BCUT2D eigenvalue weighted by Gasteiger charge is -2.13. The highest BCUT2D eigenvalue weighted by Gasteiger charge is 2.06. The van der Waals surface area contributed by atoms with E-state index in [4.69, 9.17) is 0 Å². The summed E-state index contributed by atoms with van der Waals surface area (Å²) in [6, 6.07) is 15.5. The minimum absolute atomic E-state index is 0.0614. The first kappa shape index (κ1) is 14.6. The first-order valence-corrected chi connectivity index (χ1v) is 7.15. The molecule has 3 nitrogen and oxygen atoms in total. The lowest BCUT2D eigenvalue weighted by atomic mass is 10.1. The second-order valence-corrected chi connectivity index (χ2v) is 5.67. The molecule has 0 aliphatic heterocycles. The number of amides is 1. The van der Waals surface area contributed by atoms with Crippen LogP contribution < -0.4 is 10.2 Å². The molecule has 0 bridgehead atoms. The molecule has 2 aromatic carbocycles. The van der Waals surface area contributed by atoms with Gasteiger partial charge in [0.15, 0.2) is 0 Å². The van der Waals surface area contributed by atoms with Crippen LogP contribution in [0.15, 0.2) is 53.0 Å². The van der Waals surface area contributed by atoms with Crippen LogP contribution in [-0.2, 0) is 6.54 Å². The van der Waals surface area contributed by atoms with Crippen LogP contribution in [0, 0.1) is 0 Å². The number of halogens is 1. The van der Waals surface area contributed by atoms with Crippen LogP contribution >= 0.6 is 15.9 Å². The number of anilines is 1. The summed E-state index contributed by atoms with van der Waals surface area (Å²) in [5.41, 5.74) is 2.75. The lowest BCUT2D eigenvalue weighted by Crippen LogP contribution is -2.23. The molecule has 0 spiro atoms. The highest BCUT2D eigenvalue weighted by molar-refractivity contribution is 9.10. The predicted molar refractivity (Wildman–Crippen MR) is 86.1 cm³/mol. The van der Waals surface area contributed by atoms with Gasteiger partial charge in [0.25, 0.3) is 5.91 Å². The van der Waals surface area contributed by atoms with E-state index < -0.39 is 0 Å². The molecule has 20 heavy (non-hydrogen) atoms. The van der Waals surface area contributed by atoms with Gasteiger partial charge in [0.05, 0.1) is 0 Å². The van der Waals surface area contributed by atoms with Gasteiger partial charge in [-0.25, -0.2) is 0 Å². The first-order valence-electron chi connectivity index (χ1n) is 6.36. The monoisotopic (exact) mass is 332 g/mol. The number of hydrogen-bond acceptors (Lipinski definition) is 2. The van der Waals surface area contributed by atoms with E-state index in [9.17, 15) is 4.79 Å². The van der Waals surface area contributed by atoms with Crippen molar-refractivity contribution in [1.82, 2.24) is 5.32 Å². The van der Waals surface area contributed by atoms with E-state index >= 15 is 0 Å². The molecule has 0 heterocycles. The number of rotatable bonds is 4. The Morgan fingerprint density at radius 3 is 2.60 bits per heavy atom. The topological polar surface area (TPSA) is 32.3 Å². The molecule has 0 aliphatic carbocycles. The van der Waals surface area contributed by atoms with Crippen LogP contribution in [0.25, 0.3) is 0 Å². The van der Waals surface area contributed by atoms with E-state index in [1.165, 1.54) is 0 Å². The number of carbonyl (C=O) groups excluding carboxylic acids is 1. The normalized spacial score (nSPS) is 10.2. The van der Waals surface area contributed by atoms with Crippen molar-refractivity contribution >= 4 is 27.5 Å². The maximum atomic E-state index is 12.1. The summed E-state index contributed by atoms with van der Waals surface area (Å²) < 4.78 is 1.01. The summed E-state index contributed by atoms with van der Waals surface area (Å²) in [7, 11) is 3.91. The molecule has 104 valence electrons. The van der Waals surface area contributed by atoms with E-state index in [2.05, 4.69) is 21.2 Å². The van der Waals surface area contributed by atoms with Gasteiger partial charge in [0.2, 0.25) is 0 Å². The highest BCUT2D eigenvalue weighted by atomic mass is 79.9. The van der Waals surface area contributed by atoms with E-state index in [1.807, 2.05) is 67.5 Å². The maximum absolute atomic E-state index is 12.1. The zero-order valence-corrected chi connectivity index (χ0v) is 13.1. The average Bonchev–Trinajstić information content (AvgIpc) is 2.45. The molecular weight excluding hydrogens is 316 g/mol. The molecule has 2 aromatic rings. The molecule has 0 aliphatic rings. The van der Waals surface area contributed by atoms with Gasteiger partial charge in [0.1, 0.15) is 0 Å². The molecule has 0 saturated carbocycles. The Balaban J connectivity index is 2.03. The van der Waals surface area contributed by atoms with Gasteiger partial charge >= 0.3 is 0 Å². The molecule has 0 unspecified atom stereocenters. The van der Waals surface area contributed by atoms with Crippen molar-refractivity contribution in [3.05, 3.63) is 64.1 Å². The predicted octanol–water partition coefficient (Wildman–Crippen LogP) is 3.45. The van der Waals surface area contributed by atoms with Crippen molar-refractivity contribution in [2.75, 3.05) is 19.0 Å². The van der Waals surface area contributed by atoms with E-state index in [0.717, 1.165) is 15.7 Å². The maximum Gasteiger partial charge on any atom is 0.251 e. The fourth-order valence-electron chi connectivity index (χ4n) is 1.86. The van der Waals surface area contributed by atoms with Gasteiger partial charge < -0.3 is 10.2 Å². The average molecular weight is 333 g/mol. The van der Waals surface area contributed by atoms with Crippen LogP contribution in [0.1, 0.15) is 15.9 Å². The highest BCUT2D eigenvalue weighted by Crippen LogP contribution is 2.14. The second-order valence-electron chi connectivity index (χ2n) is 4.76. The molecule has 0 saturated heterocycles. The second kappa shape index (κ2) is 6.57. The standard InChI is InChI=1S/C16H17BrN2O/c1-19(2)15-8-4-6-13(10-15)16(20)18-11-12-5-3-7-14(17)9-12/h3-10H,11H2,1-2H3,(H,18,20). The van der Waals surface area contributed by atoms with Crippen molar-refractivity contribution in [2.45, 2.75) is 6.54 Å². The zero-order valence-electron chi connectivity index (χ0n) is 11.6. The number of nitrogens with zero attached hydrogens (tertiary/aromatic N) is 1. The summed E-state index contributed by atoms with van der Waals surface area (Å²) in [6.07, 6.45) is 0. The van der Waals surface area contributed by atoms with Gasteiger partial charge in [-0.3, -0.25) is 4.79 Å². The molecule has 0 radical (unpaired) electrons. The van der Waals surface area contributed by atoms with Gasteiger partial charge in [-0.05, 0) is 35.9 Å². The first-order chi connectivity index (χ1) is 9.56. The SMILES string of the molecule is CN(C)c1cccc(C(=O)NCc2cccc(Br)c2)c1. The third-order valence-electron chi connectivity index (χ3n) is 2.97. The number of benzene rings is 2. The Morgan fingerprint density at radius 2 is 1.90 bits per heavy atom. The number of hydrogen-bond donors (Lipinski definition) is 1. The van der Waals surface area contributed by atoms with E-state index in [-0.39, 0.29) is 5.91 Å². The van der Waals surface area contributed by atoms with Gasteiger partial charge in [-0.15, -0.1) is 0 Å². The molecule has 0 aromatic heterocycles. The van der Waals surface area contributed by atoms with Crippen molar-refractivity contribution < 1.29 is 4.79 Å². The van der Waals surface area contributed by atoms with Crippen LogP contribution in [0.4, 0.5) is 5.69 Å². The summed E-state index contributed by atoms with van der Waals surface area (Å²) in [6.45, 7) is 0.518. The largest absolute Gasteiger partial charge is 0.378 e. The Morgan fingerprint density at radius 1 is 1.15 bits per heavy atom. The lowest BCUT2D eigenvalue weighted by molar-refractivity contribution is 0.0951. The van der Waals surface area contributed by atoms with Crippen LogP contribution in [0.2, 0.25) is 0 Å². The Hall–Kier alpha value is -1.81. The van der Waals surface area contributed by atoms with Crippen molar-refractivity contribution in [3.8, 4) is 0 Å². The zero-order chi connectivity index (χ0) is 14.5. The summed E-state index contributed by atoms with van der Waals surface area (Å²) >= 11 is 3.42.